The van der Waals surface area contributed by atoms with Gasteiger partial charge in [0.15, 0.2) is 0 Å². The molecule has 0 saturated heterocycles. The van der Waals surface area contributed by atoms with Gasteiger partial charge in [-0.2, -0.15) is 0 Å². The molecule has 1 aliphatic heterocycles. The minimum absolute atomic E-state index is 0.204. The molecule has 0 saturated carbocycles. The second-order valence-electron chi connectivity index (χ2n) is 5.70. The Bertz CT molecular complexity index is 1090. The van der Waals surface area contributed by atoms with E-state index in [0.717, 1.165) is 9.69 Å². The van der Waals surface area contributed by atoms with Crippen LogP contribution in [0.5, 0.6) is 0 Å². The molecule has 1 amide bonds. The molecule has 1 N–H and O–H groups in total. The molecule has 5 nitrogen and oxygen atoms in total. The Labute approximate surface area is 143 Å². The normalized spacial score (nSPS) is 14.7. The van der Waals surface area contributed by atoms with E-state index < -0.39 is 21.7 Å². The Balaban J connectivity index is 1.66. The SMILES string of the molecule is O=C(CN1c2cccc3cccc(c23)S1(=O)=O)Nc1ccc(F)cc1. The molecule has 4 rings (SSSR count). The molecule has 0 spiro atoms. The van der Waals surface area contributed by atoms with Crippen molar-refractivity contribution in [3.05, 3.63) is 66.5 Å². The van der Waals surface area contributed by atoms with Crippen LogP contribution in [0.15, 0.2) is 65.6 Å². The Hall–Kier alpha value is -2.93. The maximum atomic E-state index is 12.9. The van der Waals surface area contributed by atoms with Gasteiger partial charge in [-0.05, 0) is 41.8 Å². The number of nitrogens with zero attached hydrogens (tertiary/aromatic N) is 1. The first kappa shape index (κ1) is 15.6. The number of rotatable bonds is 3. The molecule has 0 aliphatic carbocycles. The van der Waals surface area contributed by atoms with Crippen LogP contribution in [0.3, 0.4) is 0 Å². The summed E-state index contributed by atoms with van der Waals surface area (Å²) in [7, 11) is -3.78. The molecule has 0 unspecified atom stereocenters. The quantitative estimate of drug-likeness (QED) is 0.784. The summed E-state index contributed by atoms with van der Waals surface area (Å²) in [6, 6.07) is 15.6. The number of nitrogens with one attached hydrogen (secondary N) is 1. The van der Waals surface area contributed by atoms with Gasteiger partial charge in [0, 0.05) is 11.1 Å². The highest BCUT2D eigenvalue weighted by atomic mass is 32.2. The van der Waals surface area contributed by atoms with Crippen molar-refractivity contribution >= 4 is 38.1 Å². The smallest absolute Gasteiger partial charge is 0.265 e. The summed E-state index contributed by atoms with van der Waals surface area (Å²) in [5.74, 6) is -0.915. The van der Waals surface area contributed by atoms with Crippen LogP contribution in [0.4, 0.5) is 15.8 Å². The van der Waals surface area contributed by atoms with E-state index in [0.29, 0.717) is 16.8 Å². The van der Waals surface area contributed by atoms with Crippen LogP contribution < -0.4 is 9.62 Å². The second kappa shape index (κ2) is 5.56. The summed E-state index contributed by atoms with van der Waals surface area (Å²) in [6.45, 7) is -0.354. The number of carbonyl (C=O) groups is 1. The molecule has 1 aliphatic rings. The molecule has 1 heterocycles. The third-order valence-corrected chi connectivity index (χ3v) is 5.90. The number of sulfonamides is 1. The Morgan fingerprint density at radius 1 is 1.00 bits per heavy atom. The number of benzene rings is 3. The van der Waals surface area contributed by atoms with Crippen molar-refractivity contribution in [1.82, 2.24) is 0 Å². The largest absolute Gasteiger partial charge is 0.325 e. The van der Waals surface area contributed by atoms with Gasteiger partial charge in [0.1, 0.15) is 12.4 Å². The van der Waals surface area contributed by atoms with E-state index in [9.17, 15) is 17.6 Å². The van der Waals surface area contributed by atoms with Crippen LogP contribution in [0.25, 0.3) is 10.8 Å². The summed E-state index contributed by atoms with van der Waals surface area (Å²) in [5.41, 5.74) is 0.890. The highest BCUT2D eigenvalue weighted by molar-refractivity contribution is 7.93. The van der Waals surface area contributed by atoms with Crippen LogP contribution in [-0.4, -0.2) is 20.9 Å². The molecule has 0 atom stereocenters. The third kappa shape index (κ3) is 2.53. The number of anilines is 2. The van der Waals surface area contributed by atoms with Gasteiger partial charge < -0.3 is 5.32 Å². The molecule has 0 radical (unpaired) electrons. The molecule has 0 aromatic heterocycles. The number of amides is 1. The van der Waals surface area contributed by atoms with E-state index in [2.05, 4.69) is 5.32 Å². The van der Waals surface area contributed by atoms with Crippen molar-refractivity contribution < 1.29 is 17.6 Å². The predicted molar refractivity (Wildman–Crippen MR) is 93.5 cm³/mol. The zero-order chi connectivity index (χ0) is 17.6. The van der Waals surface area contributed by atoms with Crippen molar-refractivity contribution in [3.8, 4) is 0 Å². The number of hydrogen-bond acceptors (Lipinski definition) is 3. The van der Waals surface area contributed by atoms with Crippen molar-refractivity contribution in [1.29, 1.82) is 0 Å². The average Bonchev–Trinajstić information content (AvgIpc) is 2.81. The van der Waals surface area contributed by atoms with Gasteiger partial charge in [-0.1, -0.05) is 24.3 Å². The first-order valence-corrected chi connectivity index (χ1v) is 9.01. The van der Waals surface area contributed by atoms with Crippen molar-refractivity contribution in [2.24, 2.45) is 0 Å². The third-order valence-electron chi connectivity index (χ3n) is 4.10. The van der Waals surface area contributed by atoms with Crippen LogP contribution in [-0.2, 0) is 14.8 Å². The van der Waals surface area contributed by atoms with Crippen LogP contribution in [0, 0.1) is 5.82 Å². The van der Waals surface area contributed by atoms with Crippen molar-refractivity contribution in [3.63, 3.8) is 0 Å². The molecule has 3 aromatic rings. The monoisotopic (exact) mass is 356 g/mol. The molecule has 25 heavy (non-hydrogen) atoms. The first-order valence-electron chi connectivity index (χ1n) is 7.57. The maximum Gasteiger partial charge on any atom is 0.265 e. The lowest BCUT2D eigenvalue weighted by Gasteiger charge is -2.18. The second-order valence-corrected chi connectivity index (χ2v) is 7.53. The highest BCUT2D eigenvalue weighted by Gasteiger charge is 2.36. The van der Waals surface area contributed by atoms with Crippen LogP contribution in [0.1, 0.15) is 0 Å². The topological polar surface area (TPSA) is 66.5 Å². The van der Waals surface area contributed by atoms with Gasteiger partial charge in [0.05, 0.1) is 10.6 Å². The van der Waals surface area contributed by atoms with Gasteiger partial charge in [-0.3, -0.25) is 9.10 Å². The Kier molecular flexibility index (Phi) is 3.47. The van der Waals surface area contributed by atoms with Gasteiger partial charge >= 0.3 is 0 Å². The first-order chi connectivity index (χ1) is 12.0. The fourth-order valence-corrected chi connectivity index (χ4v) is 4.66. The van der Waals surface area contributed by atoms with Crippen LogP contribution in [0.2, 0.25) is 0 Å². The summed E-state index contributed by atoms with van der Waals surface area (Å²) in [5, 5.41) is 4.01. The predicted octanol–water partition coefficient (Wildman–Crippen LogP) is 3.13. The van der Waals surface area contributed by atoms with Crippen molar-refractivity contribution in [2.75, 3.05) is 16.2 Å². The minimum Gasteiger partial charge on any atom is -0.325 e. The molecule has 126 valence electrons. The van der Waals surface area contributed by atoms with E-state index in [1.165, 1.54) is 24.3 Å². The van der Waals surface area contributed by atoms with Gasteiger partial charge in [-0.15, -0.1) is 0 Å². The fraction of sp³-hybridized carbons (Fsp3) is 0.0556. The maximum absolute atomic E-state index is 12.9. The molecular weight excluding hydrogens is 343 g/mol. The van der Waals surface area contributed by atoms with E-state index in [1.807, 2.05) is 12.1 Å². The lowest BCUT2D eigenvalue weighted by Crippen LogP contribution is -2.35. The molecule has 3 aromatic carbocycles. The van der Waals surface area contributed by atoms with Gasteiger partial charge in [-0.25, -0.2) is 12.8 Å². The van der Waals surface area contributed by atoms with E-state index >= 15 is 0 Å². The highest BCUT2D eigenvalue weighted by Crippen LogP contribution is 2.41. The Morgan fingerprint density at radius 3 is 2.40 bits per heavy atom. The molecular formula is C18H13FN2O3S. The van der Waals surface area contributed by atoms with E-state index in [-0.39, 0.29) is 11.4 Å². The molecule has 0 bridgehead atoms. The summed E-state index contributed by atoms with van der Waals surface area (Å²) in [6.07, 6.45) is 0. The van der Waals surface area contributed by atoms with Crippen molar-refractivity contribution in [2.45, 2.75) is 4.90 Å². The van der Waals surface area contributed by atoms with E-state index in [1.54, 1.807) is 24.3 Å². The lowest BCUT2D eigenvalue weighted by molar-refractivity contribution is -0.114. The van der Waals surface area contributed by atoms with Crippen LogP contribution >= 0.6 is 0 Å². The fourth-order valence-electron chi connectivity index (χ4n) is 2.99. The summed E-state index contributed by atoms with van der Waals surface area (Å²) < 4.78 is 39.6. The standard InChI is InChI=1S/C18H13FN2O3S/c19-13-7-9-14(10-8-13)20-17(22)11-21-15-5-1-3-12-4-2-6-16(18(12)15)25(21,23)24/h1-10H,11H2,(H,20,22). The minimum atomic E-state index is -3.78. The zero-order valence-electron chi connectivity index (χ0n) is 12.9. The number of carbonyl (C=O) groups excluding carboxylic acids is 1. The molecule has 7 heteroatoms. The van der Waals surface area contributed by atoms with Gasteiger partial charge in [0.2, 0.25) is 5.91 Å². The lowest BCUT2D eigenvalue weighted by atomic mass is 10.1. The van der Waals surface area contributed by atoms with Gasteiger partial charge in [0.25, 0.3) is 10.0 Å². The summed E-state index contributed by atoms with van der Waals surface area (Å²) >= 11 is 0. The zero-order valence-corrected chi connectivity index (χ0v) is 13.8. The average molecular weight is 356 g/mol. The Morgan fingerprint density at radius 2 is 1.68 bits per heavy atom. The summed E-state index contributed by atoms with van der Waals surface area (Å²) in [4.78, 5) is 12.5. The molecule has 0 fully saturated rings. The van der Waals surface area contributed by atoms with E-state index in [4.69, 9.17) is 0 Å². The number of hydrogen-bond donors (Lipinski definition) is 1. The number of halogens is 1.